The Bertz CT molecular complexity index is 554. The van der Waals surface area contributed by atoms with Crippen LogP contribution in [0.15, 0.2) is 29.2 Å². The Kier molecular flexibility index (Phi) is 3.97. The molecule has 0 saturated heterocycles. The molecule has 0 aliphatic carbocycles. The molecule has 0 spiro atoms. The third-order valence-electron chi connectivity index (χ3n) is 2.75. The SMILES string of the molecule is CCCS(=O)(=O)NC(=O)[C@H]1CSc2ccccc21. The van der Waals surface area contributed by atoms with Gasteiger partial charge in [-0.05, 0) is 18.1 Å². The monoisotopic (exact) mass is 285 g/mol. The van der Waals surface area contributed by atoms with Gasteiger partial charge < -0.3 is 0 Å². The number of carbonyl (C=O) groups is 1. The topological polar surface area (TPSA) is 63.2 Å². The number of thioether (sulfide) groups is 1. The van der Waals surface area contributed by atoms with Crippen LogP contribution >= 0.6 is 11.8 Å². The van der Waals surface area contributed by atoms with E-state index < -0.39 is 15.9 Å². The summed E-state index contributed by atoms with van der Waals surface area (Å²) in [6.45, 7) is 1.77. The normalized spacial score (nSPS) is 18.4. The fourth-order valence-electron chi connectivity index (χ4n) is 1.92. The molecule has 0 bridgehead atoms. The summed E-state index contributed by atoms with van der Waals surface area (Å²) in [4.78, 5) is 13.1. The Hall–Kier alpha value is -1.01. The van der Waals surface area contributed by atoms with Crippen LogP contribution in [0.1, 0.15) is 24.8 Å². The molecule has 4 nitrogen and oxygen atoms in total. The van der Waals surface area contributed by atoms with Crippen LogP contribution < -0.4 is 4.72 Å². The van der Waals surface area contributed by atoms with Gasteiger partial charge in [0.05, 0.1) is 11.7 Å². The maximum absolute atomic E-state index is 12.0. The fourth-order valence-corrected chi connectivity index (χ4v) is 4.24. The number of rotatable bonds is 4. The van der Waals surface area contributed by atoms with Gasteiger partial charge in [0.15, 0.2) is 0 Å². The zero-order valence-electron chi connectivity index (χ0n) is 10.0. The lowest BCUT2D eigenvalue weighted by Crippen LogP contribution is -2.36. The minimum atomic E-state index is -3.48. The lowest BCUT2D eigenvalue weighted by Gasteiger charge is -2.11. The van der Waals surface area contributed by atoms with Crippen LogP contribution in [0.4, 0.5) is 0 Å². The van der Waals surface area contributed by atoms with E-state index in [0.29, 0.717) is 12.2 Å². The Morgan fingerprint density at radius 3 is 2.89 bits per heavy atom. The summed E-state index contributed by atoms with van der Waals surface area (Å²) in [5.41, 5.74) is 0.923. The molecular weight excluding hydrogens is 270 g/mol. The molecule has 18 heavy (non-hydrogen) atoms. The highest BCUT2D eigenvalue weighted by Crippen LogP contribution is 2.39. The standard InChI is InChI=1S/C12H15NO3S2/c1-2-7-18(15,16)13-12(14)10-8-17-11-6-4-3-5-9(10)11/h3-6,10H,2,7-8H2,1H3,(H,13,14)/t10-/m0/s1. The van der Waals surface area contributed by atoms with Crippen molar-refractivity contribution >= 4 is 27.7 Å². The minimum absolute atomic E-state index is 0.0136. The summed E-state index contributed by atoms with van der Waals surface area (Å²) in [5, 5.41) is 0. The highest BCUT2D eigenvalue weighted by Gasteiger charge is 2.30. The van der Waals surface area contributed by atoms with Gasteiger partial charge in [-0.25, -0.2) is 8.42 Å². The third-order valence-corrected chi connectivity index (χ3v) is 5.39. The number of fused-ring (bicyclic) bond motifs is 1. The predicted octanol–water partition coefficient (Wildman–Crippen LogP) is 1.73. The molecule has 98 valence electrons. The van der Waals surface area contributed by atoms with E-state index in [1.807, 2.05) is 24.3 Å². The lowest BCUT2D eigenvalue weighted by atomic mass is 10.0. The number of nitrogens with one attached hydrogen (secondary N) is 1. The molecule has 1 aliphatic rings. The lowest BCUT2D eigenvalue weighted by molar-refractivity contribution is -0.120. The van der Waals surface area contributed by atoms with Crippen LogP contribution in [0.5, 0.6) is 0 Å². The van der Waals surface area contributed by atoms with Crippen molar-refractivity contribution < 1.29 is 13.2 Å². The summed E-state index contributed by atoms with van der Waals surface area (Å²) in [7, 11) is -3.48. The molecule has 2 rings (SSSR count). The molecule has 1 N–H and O–H groups in total. The number of carbonyl (C=O) groups excluding carboxylic acids is 1. The van der Waals surface area contributed by atoms with E-state index in [4.69, 9.17) is 0 Å². The summed E-state index contributed by atoms with van der Waals surface area (Å²) in [6.07, 6.45) is 0.499. The first-order valence-electron chi connectivity index (χ1n) is 5.79. The summed E-state index contributed by atoms with van der Waals surface area (Å²) in [6, 6.07) is 7.62. The second-order valence-electron chi connectivity index (χ2n) is 4.19. The van der Waals surface area contributed by atoms with Gasteiger partial charge in [-0.15, -0.1) is 11.8 Å². The van der Waals surface area contributed by atoms with Crippen LogP contribution in [0, 0.1) is 0 Å². The Morgan fingerprint density at radius 1 is 1.44 bits per heavy atom. The molecule has 0 unspecified atom stereocenters. The van der Waals surface area contributed by atoms with E-state index in [1.165, 1.54) is 0 Å². The van der Waals surface area contributed by atoms with Crippen LogP contribution in [0.3, 0.4) is 0 Å². The molecule has 6 heteroatoms. The Balaban J connectivity index is 2.13. The first-order chi connectivity index (χ1) is 8.53. The molecule has 1 amide bonds. The summed E-state index contributed by atoms with van der Waals surface area (Å²) < 4.78 is 25.3. The Morgan fingerprint density at radius 2 is 2.17 bits per heavy atom. The highest BCUT2D eigenvalue weighted by atomic mass is 32.2. The van der Waals surface area contributed by atoms with E-state index in [1.54, 1.807) is 18.7 Å². The number of sulfonamides is 1. The molecular formula is C12H15NO3S2. The zero-order chi connectivity index (χ0) is 13.2. The maximum Gasteiger partial charge on any atom is 0.241 e. The number of hydrogen-bond donors (Lipinski definition) is 1. The second-order valence-corrected chi connectivity index (χ2v) is 7.09. The maximum atomic E-state index is 12.0. The predicted molar refractivity (Wildman–Crippen MR) is 72.1 cm³/mol. The van der Waals surface area contributed by atoms with Crippen molar-refractivity contribution in [2.75, 3.05) is 11.5 Å². The average Bonchev–Trinajstić information content (AvgIpc) is 2.71. The van der Waals surface area contributed by atoms with Gasteiger partial charge in [0.2, 0.25) is 15.9 Å². The van der Waals surface area contributed by atoms with Gasteiger partial charge in [-0.1, -0.05) is 25.1 Å². The van der Waals surface area contributed by atoms with E-state index >= 15 is 0 Å². The van der Waals surface area contributed by atoms with E-state index in [-0.39, 0.29) is 11.7 Å². The van der Waals surface area contributed by atoms with Gasteiger partial charge in [0.25, 0.3) is 0 Å². The van der Waals surface area contributed by atoms with Crippen LogP contribution in [-0.2, 0) is 14.8 Å². The van der Waals surface area contributed by atoms with Gasteiger partial charge in [0, 0.05) is 10.6 Å². The second kappa shape index (κ2) is 5.32. The zero-order valence-corrected chi connectivity index (χ0v) is 11.7. The third kappa shape index (κ3) is 2.87. The number of benzene rings is 1. The average molecular weight is 285 g/mol. The molecule has 0 saturated carbocycles. The highest BCUT2D eigenvalue weighted by molar-refractivity contribution is 7.99. The van der Waals surface area contributed by atoms with E-state index in [2.05, 4.69) is 4.72 Å². The van der Waals surface area contributed by atoms with Crippen molar-refractivity contribution in [1.29, 1.82) is 0 Å². The van der Waals surface area contributed by atoms with E-state index in [0.717, 1.165) is 10.5 Å². The first kappa shape index (κ1) is 13.4. The number of hydrogen-bond acceptors (Lipinski definition) is 4. The van der Waals surface area contributed by atoms with Gasteiger partial charge in [-0.2, -0.15) is 0 Å². The molecule has 1 aromatic rings. The quantitative estimate of drug-likeness (QED) is 0.915. The van der Waals surface area contributed by atoms with Crippen molar-refractivity contribution in [2.45, 2.75) is 24.2 Å². The number of amides is 1. The minimum Gasteiger partial charge on any atom is -0.273 e. The van der Waals surface area contributed by atoms with E-state index in [9.17, 15) is 13.2 Å². The smallest absolute Gasteiger partial charge is 0.241 e. The van der Waals surface area contributed by atoms with Crippen molar-refractivity contribution in [3.8, 4) is 0 Å². The molecule has 1 aliphatic heterocycles. The van der Waals surface area contributed by atoms with Crippen molar-refractivity contribution in [3.63, 3.8) is 0 Å². The molecule has 0 aromatic heterocycles. The molecule has 0 radical (unpaired) electrons. The van der Waals surface area contributed by atoms with Gasteiger partial charge in [-0.3, -0.25) is 9.52 Å². The van der Waals surface area contributed by atoms with Crippen LogP contribution in [-0.4, -0.2) is 25.8 Å². The van der Waals surface area contributed by atoms with Crippen molar-refractivity contribution in [1.82, 2.24) is 4.72 Å². The van der Waals surface area contributed by atoms with Crippen molar-refractivity contribution in [3.05, 3.63) is 29.8 Å². The first-order valence-corrected chi connectivity index (χ1v) is 8.43. The Labute approximate surface area is 111 Å². The summed E-state index contributed by atoms with van der Waals surface area (Å²) >= 11 is 1.59. The molecule has 1 aromatic carbocycles. The van der Waals surface area contributed by atoms with Gasteiger partial charge in [0.1, 0.15) is 0 Å². The van der Waals surface area contributed by atoms with Gasteiger partial charge >= 0.3 is 0 Å². The molecule has 0 fully saturated rings. The van der Waals surface area contributed by atoms with Crippen LogP contribution in [0.2, 0.25) is 0 Å². The van der Waals surface area contributed by atoms with Crippen molar-refractivity contribution in [2.24, 2.45) is 0 Å². The largest absolute Gasteiger partial charge is 0.273 e. The molecule has 1 heterocycles. The summed E-state index contributed by atoms with van der Waals surface area (Å²) in [5.74, 6) is -0.189. The van der Waals surface area contributed by atoms with Crippen LogP contribution in [0.25, 0.3) is 0 Å². The molecule has 1 atom stereocenters. The fraction of sp³-hybridized carbons (Fsp3) is 0.417.